The van der Waals surface area contributed by atoms with Crippen LogP contribution in [0.5, 0.6) is 0 Å². The fourth-order valence-corrected chi connectivity index (χ4v) is 3.42. The van der Waals surface area contributed by atoms with Gasteiger partial charge in [-0.3, -0.25) is 9.69 Å². The molecule has 6 nitrogen and oxygen atoms in total. The van der Waals surface area contributed by atoms with Crippen molar-refractivity contribution < 1.29 is 9.32 Å². The van der Waals surface area contributed by atoms with Crippen LogP contribution in [0.15, 0.2) is 28.1 Å². The minimum Gasteiger partial charge on any atom is -0.338 e. The fraction of sp³-hybridized carbons (Fsp3) is 0.471. The highest BCUT2D eigenvalue weighted by molar-refractivity contribution is 7.10. The summed E-state index contributed by atoms with van der Waals surface area (Å²) in [6.07, 6.45) is 5.91. The topological polar surface area (TPSA) is 62.5 Å². The lowest BCUT2D eigenvalue weighted by Crippen LogP contribution is -2.47. The summed E-state index contributed by atoms with van der Waals surface area (Å²) in [7, 11) is 0. The van der Waals surface area contributed by atoms with E-state index >= 15 is 0 Å². The molecule has 0 N–H and O–H groups in total. The fourth-order valence-electron chi connectivity index (χ4n) is 2.80. The predicted molar refractivity (Wildman–Crippen MR) is 91.5 cm³/mol. The average Bonchev–Trinajstić information content (AvgIpc) is 3.13. The van der Waals surface area contributed by atoms with Crippen molar-refractivity contribution in [3.8, 4) is 0 Å². The minimum atomic E-state index is 0.0804. The molecule has 0 spiro atoms. The van der Waals surface area contributed by atoms with E-state index in [4.69, 9.17) is 4.52 Å². The second-order valence-corrected chi connectivity index (χ2v) is 7.25. The Labute approximate surface area is 144 Å². The highest BCUT2D eigenvalue weighted by Crippen LogP contribution is 2.38. The largest absolute Gasteiger partial charge is 0.338 e. The van der Waals surface area contributed by atoms with Gasteiger partial charge in [0.2, 0.25) is 11.8 Å². The average molecular weight is 344 g/mol. The highest BCUT2D eigenvalue weighted by Gasteiger charge is 2.29. The van der Waals surface area contributed by atoms with Crippen LogP contribution < -0.4 is 0 Å². The molecule has 7 heteroatoms. The summed E-state index contributed by atoms with van der Waals surface area (Å²) in [4.78, 5) is 22.0. The summed E-state index contributed by atoms with van der Waals surface area (Å²) in [6.45, 7) is 3.81. The molecular formula is C17H20N4O2S. The number of carbonyl (C=O) groups is 1. The first-order valence-corrected chi connectivity index (χ1v) is 9.21. The molecule has 0 radical (unpaired) electrons. The maximum Gasteiger partial charge on any atom is 0.246 e. The zero-order valence-electron chi connectivity index (χ0n) is 13.4. The van der Waals surface area contributed by atoms with E-state index in [9.17, 15) is 4.79 Å². The number of carbonyl (C=O) groups excluding carboxylic acids is 1. The smallest absolute Gasteiger partial charge is 0.246 e. The van der Waals surface area contributed by atoms with E-state index in [1.54, 1.807) is 17.4 Å². The number of aromatic nitrogens is 2. The van der Waals surface area contributed by atoms with Crippen molar-refractivity contribution in [2.24, 2.45) is 0 Å². The summed E-state index contributed by atoms with van der Waals surface area (Å²) in [6, 6.07) is 3.99. The second kappa shape index (κ2) is 6.86. The van der Waals surface area contributed by atoms with Crippen LogP contribution in [0.3, 0.4) is 0 Å². The van der Waals surface area contributed by atoms with Gasteiger partial charge in [-0.05, 0) is 30.4 Å². The Kier molecular flexibility index (Phi) is 4.44. The Hall–Kier alpha value is -1.99. The van der Waals surface area contributed by atoms with Gasteiger partial charge in [0, 0.05) is 43.1 Å². The van der Waals surface area contributed by atoms with Gasteiger partial charge in [-0.2, -0.15) is 4.98 Å². The van der Waals surface area contributed by atoms with Gasteiger partial charge in [0.15, 0.2) is 5.82 Å². The summed E-state index contributed by atoms with van der Waals surface area (Å²) >= 11 is 1.63. The molecule has 3 heterocycles. The molecule has 2 aromatic rings. The normalized spacial score (nSPS) is 19.2. The molecule has 24 heavy (non-hydrogen) atoms. The van der Waals surface area contributed by atoms with Crippen LogP contribution in [0.4, 0.5) is 0 Å². The molecule has 0 unspecified atom stereocenters. The van der Waals surface area contributed by atoms with Gasteiger partial charge < -0.3 is 9.42 Å². The first kappa shape index (κ1) is 15.5. The lowest BCUT2D eigenvalue weighted by Gasteiger charge is -2.33. The minimum absolute atomic E-state index is 0.0804. The maximum atomic E-state index is 12.2. The van der Waals surface area contributed by atoms with Crippen LogP contribution in [0.25, 0.3) is 6.08 Å². The molecule has 1 saturated carbocycles. The Balaban J connectivity index is 1.25. The van der Waals surface area contributed by atoms with E-state index in [2.05, 4.69) is 15.0 Å². The number of hydrogen-bond donors (Lipinski definition) is 0. The second-order valence-electron chi connectivity index (χ2n) is 6.27. The van der Waals surface area contributed by atoms with Gasteiger partial charge in [-0.1, -0.05) is 11.2 Å². The van der Waals surface area contributed by atoms with Gasteiger partial charge >= 0.3 is 0 Å². The Morgan fingerprint density at radius 2 is 2.17 bits per heavy atom. The molecule has 1 aliphatic heterocycles. The van der Waals surface area contributed by atoms with Gasteiger partial charge in [-0.25, -0.2) is 0 Å². The molecular weight excluding hydrogens is 324 g/mol. The third kappa shape index (κ3) is 3.73. The Morgan fingerprint density at radius 3 is 2.88 bits per heavy atom. The molecule has 1 amide bonds. The van der Waals surface area contributed by atoms with Crippen LogP contribution in [0.1, 0.15) is 35.4 Å². The van der Waals surface area contributed by atoms with Crippen molar-refractivity contribution in [2.75, 3.05) is 26.2 Å². The predicted octanol–water partition coefficient (Wildman–Crippen LogP) is 2.37. The van der Waals surface area contributed by atoms with Crippen LogP contribution in [0.2, 0.25) is 0 Å². The number of thiophene rings is 1. The Bertz CT molecular complexity index is 713. The number of hydrogen-bond acceptors (Lipinski definition) is 6. The number of nitrogens with zero attached hydrogens (tertiary/aromatic N) is 4. The molecule has 2 aromatic heterocycles. The zero-order chi connectivity index (χ0) is 16.4. The molecule has 1 saturated heterocycles. The summed E-state index contributed by atoms with van der Waals surface area (Å²) in [5.74, 6) is 2.15. The van der Waals surface area contributed by atoms with Crippen molar-refractivity contribution >= 4 is 23.3 Å². The molecule has 0 atom stereocenters. The standard InChI is InChI=1S/C17H20N4O2S/c22-16(6-5-14-2-1-11-24-14)21-9-7-20(8-10-21)12-15-18-17(19-23-15)13-3-4-13/h1-2,5-6,11,13H,3-4,7-10,12H2/b6-5+. The van der Waals surface area contributed by atoms with Crippen LogP contribution in [-0.4, -0.2) is 52.0 Å². The third-order valence-electron chi connectivity index (χ3n) is 4.40. The van der Waals surface area contributed by atoms with Crippen molar-refractivity contribution in [1.29, 1.82) is 0 Å². The van der Waals surface area contributed by atoms with E-state index in [-0.39, 0.29) is 5.91 Å². The molecule has 0 bridgehead atoms. The summed E-state index contributed by atoms with van der Waals surface area (Å²) in [5.41, 5.74) is 0. The molecule has 2 fully saturated rings. The molecule has 126 valence electrons. The molecule has 1 aliphatic carbocycles. The van der Waals surface area contributed by atoms with Crippen molar-refractivity contribution in [3.63, 3.8) is 0 Å². The van der Waals surface area contributed by atoms with Gasteiger partial charge in [0.1, 0.15) is 0 Å². The quantitative estimate of drug-likeness (QED) is 0.779. The maximum absolute atomic E-state index is 12.2. The SMILES string of the molecule is O=C(/C=C/c1cccs1)N1CCN(Cc2nc(C3CC3)no2)CC1. The van der Waals surface area contributed by atoms with Gasteiger partial charge in [0.05, 0.1) is 6.54 Å². The Morgan fingerprint density at radius 1 is 1.33 bits per heavy atom. The van der Waals surface area contributed by atoms with Crippen LogP contribution >= 0.6 is 11.3 Å². The van der Waals surface area contributed by atoms with Gasteiger partial charge in [-0.15, -0.1) is 11.3 Å². The first-order valence-electron chi connectivity index (χ1n) is 8.33. The van der Waals surface area contributed by atoms with E-state index in [0.717, 1.165) is 36.9 Å². The van der Waals surface area contributed by atoms with Crippen LogP contribution in [-0.2, 0) is 11.3 Å². The monoisotopic (exact) mass is 344 g/mol. The van der Waals surface area contributed by atoms with Crippen LogP contribution in [0, 0.1) is 0 Å². The van der Waals surface area contributed by atoms with Crippen molar-refractivity contribution in [1.82, 2.24) is 19.9 Å². The number of amides is 1. The summed E-state index contributed by atoms with van der Waals surface area (Å²) in [5, 5.41) is 6.06. The van der Waals surface area contributed by atoms with Crippen molar-refractivity contribution in [3.05, 3.63) is 40.2 Å². The zero-order valence-corrected chi connectivity index (χ0v) is 14.2. The number of rotatable bonds is 5. The highest BCUT2D eigenvalue weighted by atomic mass is 32.1. The van der Waals surface area contributed by atoms with E-state index in [1.165, 1.54) is 12.8 Å². The lowest BCUT2D eigenvalue weighted by molar-refractivity contribution is -0.127. The molecule has 4 rings (SSSR count). The molecule has 0 aromatic carbocycles. The first-order chi connectivity index (χ1) is 11.8. The lowest BCUT2D eigenvalue weighted by atomic mass is 10.3. The summed E-state index contributed by atoms with van der Waals surface area (Å²) < 4.78 is 5.33. The molecule has 2 aliphatic rings. The number of piperazine rings is 1. The van der Waals surface area contributed by atoms with E-state index in [0.29, 0.717) is 18.4 Å². The van der Waals surface area contributed by atoms with Crippen molar-refractivity contribution in [2.45, 2.75) is 25.3 Å². The van der Waals surface area contributed by atoms with Gasteiger partial charge in [0.25, 0.3) is 0 Å². The van der Waals surface area contributed by atoms with E-state index in [1.807, 2.05) is 28.5 Å². The third-order valence-corrected chi connectivity index (χ3v) is 5.24. The van der Waals surface area contributed by atoms with E-state index < -0.39 is 0 Å².